The predicted octanol–water partition coefficient (Wildman–Crippen LogP) is 4.31. The Morgan fingerprint density at radius 3 is 2.36 bits per heavy atom. The fourth-order valence-corrected chi connectivity index (χ4v) is 2.35. The van der Waals surface area contributed by atoms with E-state index in [4.69, 9.17) is 23.2 Å². The number of halogens is 4. The first-order chi connectivity index (χ1) is 11.8. The number of amides is 1. The molecule has 0 aliphatic rings. The fourth-order valence-electron chi connectivity index (χ4n) is 2.04. The molecule has 0 aromatic heterocycles. The van der Waals surface area contributed by atoms with Crippen LogP contribution in [0.1, 0.15) is 28.9 Å². The number of esters is 1. The molecule has 0 spiro atoms. The number of benzene rings is 2. The summed E-state index contributed by atoms with van der Waals surface area (Å²) in [5.41, 5.74) is -0.151. The number of hydrogen-bond acceptors (Lipinski definition) is 3. The van der Waals surface area contributed by atoms with Gasteiger partial charge in [0.15, 0.2) is 6.61 Å². The van der Waals surface area contributed by atoms with Gasteiger partial charge in [-0.2, -0.15) is 0 Å². The van der Waals surface area contributed by atoms with Gasteiger partial charge in [0.25, 0.3) is 5.91 Å². The Morgan fingerprint density at radius 1 is 1.12 bits per heavy atom. The zero-order valence-electron chi connectivity index (χ0n) is 13.0. The summed E-state index contributed by atoms with van der Waals surface area (Å²) < 4.78 is 31.6. The van der Waals surface area contributed by atoms with Crippen molar-refractivity contribution in [1.29, 1.82) is 0 Å². The Morgan fingerprint density at radius 2 is 1.76 bits per heavy atom. The Kier molecular flexibility index (Phi) is 6.33. The van der Waals surface area contributed by atoms with Crippen molar-refractivity contribution in [1.82, 2.24) is 5.32 Å². The van der Waals surface area contributed by atoms with Crippen LogP contribution in [0.2, 0.25) is 10.0 Å². The molecule has 0 heterocycles. The van der Waals surface area contributed by atoms with Crippen molar-refractivity contribution < 1.29 is 23.1 Å². The van der Waals surface area contributed by atoms with Crippen LogP contribution in [0.5, 0.6) is 0 Å². The molecule has 1 amide bonds. The molecule has 2 rings (SSSR count). The molecule has 2 aromatic rings. The Hall–Kier alpha value is -2.18. The number of carbonyl (C=O) groups is 2. The molecule has 132 valence electrons. The highest BCUT2D eigenvalue weighted by atomic mass is 35.5. The van der Waals surface area contributed by atoms with Crippen LogP contribution in [-0.2, 0) is 9.53 Å². The van der Waals surface area contributed by atoms with Gasteiger partial charge < -0.3 is 10.1 Å². The summed E-state index contributed by atoms with van der Waals surface area (Å²) in [4.78, 5) is 23.6. The maximum absolute atomic E-state index is 13.5. The van der Waals surface area contributed by atoms with Gasteiger partial charge in [-0.25, -0.2) is 13.6 Å². The maximum atomic E-state index is 13.5. The van der Waals surface area contributed by atoms with Crippen LogP contribution < -0.4 is 5.32 Å². The summed E-state index contributed by atoms with van der Waals surface area (Å²) in [6.07, 6.45) is 0. The van der Waals surface area contributed by atoms with Crippen LogP contribution in [0.4, 0.5) is 8.78 Å². The first kappa shape index (κ1) is 19.1. The first-order valence-corrected chi connectivity index (χ1v) is 7.90. The van der Waals surface area contributed by atoms with E-state index in [2.05, 4.69) is 10.1 Å². The third-order valence-electron chi connectivity index (χ3n) is 3.32. The Balaban J connectivity index is 1.94. The summed E-state index contributed by atoms with van der Waals surface area (Å²) in [5.74, 6) is -4.01. The second kappa shape index (κ2) is 8.27. The second-order valence-corrected chi connectivity index (χ2v) is 5.95. The van der Waals surface area contributed by atoms with Crippen LogP contribution in [0.3, 0.4) is 0 Å². The minimum absolute atomic E-state index is 0.335. The molecule has 0 unspecified atom stereocenters. The van der Waals surface area contributed by atoms with Crippen LogP contribution in [0.25, 0.3) is 0 Å². The molecule has 8 heteroatoms. The van der Waals surface area contributed by atoms with E-state index in [1.54, 1.807) is 25.1 Å². The molecule has 0 radical (unpaired) electrons. The minimum Gasteiger partial charge on any atom is -0.452 e. The number of nitrogens with one attached hydrogen (secondary N) is 1. The molecule has 4 nitrogen and oxygen atoms in total. The fraction of sp³-hybridized carbons (Fsp3) is 0.176. The topological polar surface area (TPSA) is 55.4 Å². The lowest BCUT2D eigenvalue weighted by atomic mass is 10.1. The molecule has 25 heavy (non-hydrogen) atoms. The standard InChI is InChI=1S/C17H13Cl2F2NO3/c1-9(10-5-6-11(18)12(19)7-10)22-15(23)8-25-17(24)16-13(20)3-2-4-14(16)21/h2-7,9H,8H2,1H3,(H,22,23)/t9-/m0/s1. The summed E-state index contributed by atoms with van der Waals surface area (Å²) in [6, 6.07) is 7.38. The van der Waals surface area contributed by atoms with Crippen LogP contribution >= 0.6 is 23.2 Å². The molecule has 0 aliphatic carbocycles. The molecule has 0 saturated heterocycles. The minimum atomic E-state index is -1.26. The molecule has 0 fully saturated rings. The van der Waals surface area contributed by atoms with Crippen LogP contribution in [0.15, 0.2) is 36.4 Å². The Bertz CT molecular complexity index is 794. The normalized spacial score (nSPS) is 11.7. The van der Waals surface area contributed by atoms with Crippen molar-refractivity contribution in [3.05, 3.63) is 69.2 Å². The second-order valence-electron chi connectivity index (χ2n) is 5.14. The average Bonchev–Trinajstić information content (AvgIpc) is 2.55. The van der Waals surface area contributed by atoms with Gasteiger partial charge in [-0.1, -0.05) is 35.3 Å². The average molecular weight is 388 g/mol. The SMILES string of the molecule is C[C@H](NC(=O)COC(=O)c1c(F)cccc1F)c1ccc(Cl)c(Cl)c1. The van der Waals surface area contributed by atoms with E-state index in [0.29, 0.717) is 15.6 Å². The van der Waals surface area contributed by atoms with Crippen molar-refractivity contribution in [2.75, 3.05) is 6.61 Å². The highest BCUT2D eigenvalue weighted by Crippen LogP contribution is 2.25. The molecular weight excluding hydrogens is 375 g/mol. The monoisotopic (exact) mass is 387 g/mol. The van der Waals surface area contributed by atoms with Crippen LogP contribution in [0, 0.1) is 11.6 Å². The molecule has 2 aromatic carbocycles. The lowest BCUT2D eigenvalue weighted by Crippen LogP contribution is -2.31. The van der Waals surface area contributed by atoms with Gasteiger partial charge in [-0.3, -0.25) is 4.79 Å². The molecule has 1 N–H and O–H groups in total. The zero-order chi connectivity index (χ0) is 18.6. The number of rotatable bonds is 5. The van der Waals surface area contributed by atoms with Crippen molar-refractivity contribution >= 4 is 35.1 Å². The van der Waals surface area contributed by atoms with Gasteiger partial charge in [-0.15, -0.1) is 0 Å². The maximum Gasteiger partial charge on any atom is 0.344 e. The van der Waals surface area contributed by atoms with Gasteiger partial charge >= 0.3 is 5.97 Å². The lowest BCUT2D eigenvalue weighted by Gasteiger charge is -2.15. The number of carbonyl (C=O) groups excluding carboxylic acids is 2. The first-order valence-electron chi connectivity index (χ1n) is 7.15. The van der Waals surface area contributed by atoms with Crippen LogP contribution in [-0.4, -0.2) is 18.5 Å². The van der Waals surface area contributed by atoms with E-state index in [1.807, 2.05) is 0 Å². The molecule has 1 atom stereocenters. The lowest BCUT2D eigenvalue weighted by molar-refractivity contribution is -0.124. The van der Waals surface area contributed by atoms with E-state index in [-0.39, 0.29) is 0 Å². The molecule has 0 saturated carbocycles. The summed E-state index contributed by atoms with van der Waals surface area (Å²) in [7, 11) is 0. The zero-order valence-corrected chi connectivity index (χ0v) is 14.5. The van der Waals surface area contributed by atoms with Gasteiger partial charge in [-0.05, 0) is 36.8 Å². The molecule has 0 bridgehead atoms. The van der Waals surface area contributed by atoms with E-state index in [1.165, 1.54) is 0 Å². The third-order valence-corrected chi connectivity index (χ3v) is 4.06. The third kappa shape index (κ3) is 4.90. The van der Waals surface area contributed by atoms with Crippen molar-refractivity contribution in [2.45, 2.75) is 13.0 Å². The van der Waals surface area contributed by atoms with Crippen molar-refractivity contribution in [3.63, 3.8) is 0 Å². The number of ether oxygens (including phenoxy) is 1. The summed E-state index contributed by atoms with van der Waals surface area (Å²) in [6.45, 7) is 1.01. The van der Waals surface area contributed by atoms with Crippen molar-refractivity contribution in [2.24, 2.45) is 0 Å². The molecule has 0 aliphatic heterocycles. The highest BCUT2D eigenvalue weighted by molar-refractivity contribution is 6.42. The van der Waals surface area contributed by atoms with E-state index >= 15 is 0 Å². The van der Waals surface area contributed by atoms with Gasteiger partial charge in [0.05, 0.1) is 16.1 Å². The van der Waals surface area contributed by atoms with E-state index in [0.717, 1.165) is 18.2 Å². The molecular formula is C17H13Cl2F2NO3. The quantitative estimate of drug-likeness (QED) is 0.777. The summed E-state index contributed by atoms with van der Waals surface area (Å²) in [5, 5.41) is 3.29. The van der Waals surface area contributed by atoms with E-state index in [9.17, 15) is 18.4 Å². The van der Waals surface area contributed by atoms with E-state index < -0.39 is 41.7 Å². The largest absolute Gasteiger partial charge is 0.452 e. The summed E-state index contributed by atoms with van der Waals surface area (Å²) >= 11 is 11.7. The highest BCUT2D eigenvalue weighted by Gasteiger charge is 2.20. The van der Waals surface area contributed by atoms with Crippen molar-refractivity contribution in [3.8, 4) is 0 Å². The predicted molar refractivity (Wildman–Crippen MR) is 89.7 cm³/mol. The van der Waals surface area contributed by atoms with Gasteiger partial charge in [0.1, 0.15) is 17.2 Å². The van der Waals surface area contributed by atoms with Gasteiger partial charge in [0, 0.05) is 0 Å². The number of hydrogen-bond donors (Lipinski definition) is 1. The smallest absolute Gasteiger partial charge is 0.344 e. The van der Waals surface area contributed by atoms with Gasteiger partial charge in [0.2, 0.25) is 0 Å². The Labute approximate surface area is 152 Å².